The molecule has 0 aliphatic carbocycles. The van der Waals surface area contributed by atoms with Crippen LogP contribution in [0.5, 0.6) is 5.75 Å². The molecule has 136 valence electrons. The van der Waals surface area contributed by atoms with E-state index in [1.165, 1.54) is 11.8 Å². The van der Waals surface area contributed by atoms with Gasteiger partial charge in [-0.05, 0) is 41.8 Å². The van der Waals surface area contributed by atoms with Gasteiger partial charge in [0, 0.05) is 18.2 Å². The lowest BCUT2D eigenvalue weighted by molar-refractivity contribution is -0.126. The number of carbonyl (C=O) groups is 2. The van der Waals surface area contributed by atoms with Gasteiger partial charge in [0.25, 0.3) is 0 Å². The quantitative estimate of drug-likeness (QED) is 0.768. The van der Waals surface area contributed by atoms with Crippen molar-refractivity contribution in [3.8, 4) is 5.75 Å². The Bertz CT molecular complexity index is 826. The van der Waals surface area contributed by atoms with Crippen LogP contribution in [-0.2, 0) is 16.0 Å². The number of benzene rings is 2. The van der Waals surface area contributed by atoms with Crippen molar-refractivity contribution in [1.82, 2.24) is 5.32 Å². The molecule has 2 N–H and O–H groups in total. The topological polar surface area (TPSA) is 66.4 Å². The average Bonchev–Trinajstić information content (AvgIpc) is 3.01. The molecular weight excluding hydrogens is 393 g/mol. The fraction of sp³-hybridized carbons (Fsp3) is 0.263. The summed E-state index contributed by atoms with van der Waals surface area (Å²) in [6.45, 7) is 0.465. The summed E-state index contributed by atoms with van der Waals surface area (Å²) < 4.78 is 0. The highest BCUT2D eigenvalue weighted by atomic mass is 35.5. The van der Waals surface area contributed by atoms with Gasteiger partial charge in [0.05, 0.1) is 16.0 Å². The molecule has 0 saturated carbocycles. The van der Waals surface area contributed by atoms with Crippen LogP contribution >= 0.6 is 35.0 Å². The number of phenols is 1. The third kappa shape index (κ3) is 4.53. The molecule has 2 atom stereocenters. The van der Waals surface area contributed by atoms with Crippen molar-refractivity contribution in [1.29, 1.82) is 0 Å². The Morgan fingerprint density at radius 1 is 1.15 bits per heavy atom. The number of amides is 1. The second kappa shape index (κ2) is 8.33. The SMILES string of the molecule is O=C1C[C@H](C(=O)NCCc2ccc(O)cc2)C(c2ccc(Cl)c(Cl)c2)S1. The highest BCUT2D eigenvalue weighted by Crippen LogP contribution is 2.46. The van der Waals surface area contributed by atoms with E-state index in [-0.39, 0.29) is 28.4 Å². The van der Waals surface area contributed by atoms with Gasteiger partial charge in [-0.3, -0.25) is 9.59 Å². The van der Waals surface area contributed by atoms with Crippen molar-refractivity contribution in [3.63, 3.8) is 0 Å². The molecule has 26 heavy (non-hydrogen) atoms. The maximum atomic E-state index is 12.6. The molecule has 1 saturated heterocycles. The zero-order valence-electron chi connectivity index (χ0n) is 13.7. The van der Waals surface area contributed by atoms with E-state index < -0.39 is 5.92 Å². The maximum Gasteiger partial charge on any atom is 0.225 e. The second-order valence-electron chi connectivity index (χ2n) is 6.10. The molecule has 1 aliphatic heterocycles. The van der Waals surface area contributed by atoms with Gasteiger partial charge in [0.1, 0.15) is 5.75 Å². The molecule has 1 aliphatic rings. The molecule has 0 radical (unpaired) electrons. The van der Waals surface area contributed by atoms with E-state index in [0.29, 0.717) is 23.0 Å². The predicted molar refractivity (Wildman–Crippen MR) is 105 cm³/mol. The summed E-state index contributed by atoms with van der Waals surface area (Å²) in [5.41, 5.74) is 1.84. The van der Waals surface area contributed by atoms with Crippen molar-refractivity contribution >= 4 is 46.0 Å². The predicted octanol–water partition coefficient (Wildman–Crippen LogP) is 4.38. The number of halogens is 2. The van der Waals surface area contributed by atoms with Gasteiger partial charge in [0.2, 0.25) is 5.91 Å². The summed E-state index contributed by atoms with van der Waals surface area (Å²) in [7, 11) is 0. The van der Waals surface area contributed by atoms with E-state index >= 15 is 0 Å². The van der Waals surface area contributed by atoms with Crippen LogP contribution in [-0.4, -0.2) is 22.7 Å². The van der Waals surface area contributed by atoms with Gasteiger partial charge in [-0.1, -0.05) is 53.2 Å². The van der Waals surface area contributed by atoms with Gasteiger partial charge < -0.3 is 10.4 Å². The molecule has 1 heterocycles. The number of carbonyl (C=O) groups excluding carboxylic acids is 2. The average molecular weight is 410 g/mol. The van der Waals surface area contributed by atoms with E-state index in [1.54, 1.807) is 30.3 Å². The largest absolute Gasteiger partial charge is 0.508 e. The molecule has 3 rings (SSSR count). The van der Waals surface area contributed by atoms with Crippen LogP contribution < -0.4 is 5.32 Å². The van der Waals surface area contributed by atoms with Crippen LogP contribution in [0.2, 0.25) is 10.0 Å². The number of phenolic OH excluding ortho intramolecular Hbond substituents is 1. The fourth-order valence-corrected chi connectivity index (χ4v) is 4.43. The first-order chi connectivity index (χ1) is 12.4. The third-order valence-electron chi connectivity index (χ3n) is 4.27. The Morgan fingerprint density at radius 3 is 2.58 bits per heavy atom. The molecule has 0 aromatic heterocycles. The highest BCUT2D eigenvalue weighted by Gasteiger charge is 2.39. The lowest BCUT2D eigenvalue weighted by atomic mass is 9.95. The summed E-state index contributed by atoms with van der Waals surface area (Å²) in [5.74, 6) is -0.355. The van der Waals surface area contributed by atoms with E-state index in [0.717, 1.165) is 11.1 Å². The fourth-order valence-electron chi connectivity index (χ4n) is 2.90. The van der Waals surface area contributed by atoms with E-state index in [2.05, 4.69) is 5.32 Å². The first-order valence-corrected chi connectivity index (χ1v) is 9.77. The third-order valence-corrected chi connectivity index (χ3v) is 6.29. The summed E-state index contributed by atoms with van der Waals surface area (Å²) in [6, 6.07) is 12.1. The van der Waals surface area contributed by atoms with Gasteiger partial charge in [0.15, 0.2) is 5.12 Å². The van der Waals surface area contributed by atoms with Crippen LogP contribution in [0.1, 0.15) is 22.8 Å². The van der Waals surface area contributed by atoms with Crippen molar-refractivity contribution in [3.05, 3.63) is 63.6 Å². The van der Waals surface area contributed by atoms with Crippen LogP contribution in [0.25, 0.3) is 0 Å². The summed E-state index contributed by atoms with van der Waals surface area (Å²) >= 11 is 13.2. The maximum absolute atomic E-state index is 12.6. The lowest BCUT2D eigenvalue weighted by Gasteiger charge is -2.18. The van der Waals surface area contributed by atoms with Crippen molar-refractivity contribution in [2.45, 2.75) is 18.1 Å². The Kier molecular flexibility index (Phi) is 6.12. The van der Waals surface area contributed by atoms with E-state index in [9.17, 15) is 14.7 Å². The van der Waals surface area contributed by atoms with Crippen molar-refractivity contribution in [2.24, 2.45) is 5.92 Å². The minimum absolute atomic E-state index is 0.000225. The molecule has 1 fully saturated rings. The Hall–Kier alpha value is -1.69. The molecule has 7 heteroatoms. The smallest absolute Gasteiger partial charge is 0.225 e. The van der Waals surface area contributed by atoms with E-state index in [4.69, 9.17) is 23.2 Å². The van der Waals surface area contributed by atoms with Crippen molar-refractivity contribution < 1.29 is 14.7 Å². The van der Waals surface area contributed by atoms with E-state index in [1.807, 2.05) is 12.1 Å². The minimum Gasteiger partial charge on any atom is -0.508 e. The zero-order valence-corrected chi connectivity index (χ0v) is 16.1. The molecule has 2 aromatic carbocycles. The van der Waals surface area contributed by atoms with Crippen LogP contribution in [0.3, 0.4) is 0 Å². The first kappa shape index (κ1) is 19.1. The molecule has 0 bridgehead atoms. The van der Waals surface area contributed by atoms with Crippen LogP contribution in [0.15, 0.2) is 42.5 Å². The van der Waals surface area contributed by atoms with Crippen LogP contribution in [0, 0.1) is 5.92 Å². The highest BCUT2D eigenvalue weighted by molar-refractivity contribution is 8.14. The number of hydrogen-bond donors (Lipinski definition) is 2. The Balaban J connectivity index is 1.63. The van der Waals surface area contributed by atoms with Gasteiger partial charge >= 0.3 is 0 Å². The van der Waals surface area contributed by atoms with Crippen LogP contribution in [0.4, 0.5) is 0 Å². The number of aromatic hydroxyl groups is 1. The Morgan fingerprint density at radius 2 is 1.88 bits per heavy atom. The van der Waals surface area contributed by atoms with Gasteiger partial charge in [-0.2, -0.15) is 0 Å². The zero-order chi connectivity index (χ0) is 18.7. The number of rotatable bonds is 5. The molecule has 1 amide bonds. The summed E-state index contributed by atoms with van der Waals surface area (Å²) in [4.78, 5) is 24.5. The second-order valence-corrected chi connectivity index (χ2v) is 8.12. The number of hydrogen-bond acceptors (Lipinski definition) is 4. The summed E-state index contributed by atoms with van der Waals surface area (Å²) in [5, 5.41) is 12.8. The molecule has 0 spiro atoms. The molecule has 2 aromatic rings. The first-order valence-electron chi connectivity index (χ1n) is 8.14. The van der Waals surface area contributed by atoms with Gasteiger partial charge in [-0.25, -0.2) is 0 Å². The lowest BCUT2D eigenvalue weighted by Crippen LogP contribution is -2.33. The minimum atomic E-state index is -0.426. The Labute approximate surface area is 165 Å². The normalized spacial score (nSPS) is 19.5. The van der Waals surface area contributed by atoms with Gasteiger partial charge in [-0.15, -0.1) is 0 Å². The molecular formula is C19H17Cl2NO3S. The molecule has 1 unspecified atom stereocenters. The standard InChI is InChI=1S/C19H17Cl2NO3S/c20-15-6-3-12(9-16(15)21)18-14(10-17(24)26-18)19(25)22-8-7-11-1-4-13(23)5-2-11/h1-6,9,14,18,23H,7-8,10H2,(H,22,25)/t14-,18?/m0/s1. The molecule has 4 nitrogen and oxygen atoms in total. The van der Waals surface area contributed by atoms with Crippen molar-refractivity contribution in [2.75, 3.05) is 6.54 Å². The summed E-state index contributed by atoms with van der Waals surface area (Å²) in [6.07, 6.45) is 0.859. The number of nitrogens with one attached hydrogen (secondary N) is 1. The monoisotopic (exact) mass is 409 g/mol. The number of thioether (sulfide) groups is 1.